The van der Waals surface area contributed by atoms with Crippen LogP contribution in [-0.2, 0) is 17.3 Å². The molecule has 2 heterocycles. The minimum absolute atomic E-state index is 0.0499. The van der Waals surface area contributed by atoms with E-state index in [0.29, 0.717) is 11.7 Å². The van der Waals surface area contributed by atoms with Crippen molar-refractivity contribution in [1.29, 1.82) is 0 Å². The molecule has 0 radical (unpaired) electrons. The largest absolute Gasteiger partial charge is 0.438 e. The van der Waals surface area contributed by atoms with E-state index < -0.39 is 11.7 Å². The standard InChI is InChI=1S/C22H26ClF3N2O2/c1-14(11-28-12-15(2)29-16(3)13-28)7-17-5-4-6-19(8-17)30-21-20(23)9-18(10-27-21)22(24,25)26/h4-6,8-10,14-16H,7,11-13H2,1-3H3. The van der Waals surface area contributed by atoms with Gasteiger partial charge in [0.2, 0.25) is 5.88 Å². The van der Waals surface area contributed by atoms with Crippen molar-refractivity contribution in [1.82, 2.24) is 9.88 Å². The van der Waals surface area contributed by atoms with Gasteiger partial charge in [-0.15, -0.1) is 0 Å². The monoisotopic (exact) mass is 442 g/mol. The van der Waals surface area contributed by atoms with Crippen LogP contribution in [0.4, 0.5) is 13.2 Å². The van der Waals surface area contributed by atoms with Gasteiger partial charge < -0.3 is 9.47 Å². The highest BCUT2D eigenvalue weighted by Gasteiger charge is 2.32. The van der Waals surface area contributed by atoms with Crippen molar-refractivity contribution >= 4 is 11.6 Å². The first-order valence-corrected chi connectivity index (χ1v) is 10.4. The van der Waals surface area contributed by atoms with Gasteiger partial charge in [-0.05, 0) is 49.9 Å². The zero-order valence-electron chi connectivity index (χ0n) is 17.2. The maximum atomic E-state index is 12.8. The molecule has 0 N–H and O–H groups in total. The second-order valence-corrected chi connectivity index (χ2v) is 8.45. The second kappa shape index (κ2) is 9.54. The first-order chi connectivity index (χ1) is 14.1. The van der Waals surface area contributed by atoms with E-state index in [9.17, 15) is 13.2 Å². The van der Waals surface area contributed by atoms with Gasteiger partial charge in [0.1, 0.15) is 10.8 Å². The fourth-order valence-corrected chi connectivity index (χ4v) is 4.05. The highest BCUT2D eigenvalue weighted by molar-refractivity contribution is 6.31. The minimum atomic E-state index is -4.50. The van der Waals surface area contributed by atoms with Crippen molar-refractivity contribution < 1.29 is 22.6 Å². The van der Waals surface area contributed by atoms with E-state index in [4.69, 9.17) is 21.1 Å². The summed E-state index contributed by atoms with van der Waals surface area (Å²) in [6.07, 6.45) is -2.46. The van der Waals surface area contributed by atoms with E-state index >= 15 is 0 Å². The molecular weight excluding hydrogens is 417 g/mol. The van der Waals surface area contributed by atoms with Crippen LogP contribution in [0, 0.1) is 5.92 Å². The number of benzene rings is 1. The molecule has 0 bridgehead atoms. The summed E-state index contributed by atoms with van der Waals surface area (Å²) in [5.41, 5.74) is 0.173. The molecule has 8 heteroatoms. The van der Waals surface area contributed by atoms with Gasteiger partial charge in [0.15, 0.2) is 0 Å². The lowest BCUT2D eigenvalue weighted by Gasteiger charge is -2.36. The third-order valence-electron chi connectivity index (χ3n) is 4.90. The Kier molecular flexibility index (Phi) is 7.26. The van der Waals surface area contributed by atoms with Crippen molar-refractivity contribution in [2.45, 2.75) is 45.6 Å². The van der Waals surface area contributed by atoms with E-state index in [-0.39, 0.29) is 23.1 Å². The molecular formula is C22H26ClF3N2O2. The van der Waals surface area contributed by atoms with Crippen molar-refractivity contribution in [3.63, 3.8) is 0 Å². The topological polar surface area (TPSA) is 34.6 Å². The van der Waals surface area contributed by atoms with Gasteiger partial charge in [0.25, 0.3) is 0 Å². The Morgan fingerprint density at radius 1 is 1.23 bits per heavy atom. The molecule has 0 spiro atoms. The van der Waals surface area contributed by atoms with Crippen LogP contribution in [0.25, 0.3) is 0 Å². The molecule has 4 nitrogen and oxygen atoms in total. The predicted molar refractivity (Wildman–Crippen MR) is 110 cm³/mol. The maximum Gasteiger partial charge on any atom is 0.417 e. The third-order valence-corrected chi connectivity index (χ3v) is 5.17. The first kappa shape index (κ1) is 22.8. The van der Waals surface area contributed by atoms with Crippen molar-refractivity contribution in [2.75, 3.05) is 19.6 Å². The Morgan fingerprint density at radius 3 is 2.57 bits per heavy atom. The predicted octanol–water partition coefficient (Wildman–Crippen LogP) is 5.83. The second-order valence-electron chi connectivity index (χ2n) is 8.04. The molecule has 3 atom stereocenters. The van der Waals surface area contributed by atoms with Crippen molar-refractivity contribution in [3.05, 3.63) is 52.7 Å². The number of hydrogen-bond donors (Lipinski definition) is 0. The molecule has 2 aromatic rings. The Balaban J connectivity index is 1.62. The number of hydrogen-bond acceptors (Lipinski definition) is 4. The zero-order valence-corrected chi connectivity index (χ0v) is 18.0. The minimum Gasteiger partial charge on any atom is -0.438 e. The highest BCUT2D eigenvalue weighted by atomic mass is 35.5. The molecule has 0 aliphatic carbocycles. The van der Waals surface area contributed by atoms with Gasteiger partial charge in [-0.2, -0.15) is 13.2 Å². The summed E-state index contributed by atoms with van der Waals surface area (Å²) in [5.74, 6) is 0.860. The van der Waals surface area contributed by atoms with Crippen LogP contribution in [0.3, 0.4) is 0 Å². The summed E-state index contributed by atoms with van der Waals surface area (Å²) in [5, 5.41) is -0.181. The van der Waals surface area contributed by atoms with E-state index in [1.165, 1.54) is 0 Å². The fraction of sp³-hybridized carbons (Fsp3) is 0.500. The van der Waals surface area contributed by atoms with Gasteiger partial charge in [-0.25, -0.2) is 4.98 Å². The maximum absolute atomic E-state index is 12.8. The molecule has 30 heavy (non-hydrogen) atoms. The molecule has 0 amide bonds. The highest BCUT2D eigenvalue weighted by Crippen LogP contribution is 2.34. The van der Waals surface area contributed by atoms with Gasteiger partial charge in [0, 0.05) is 25.8 Å². The molecule has 0 saturated carbocycles. The summed E-state index contributed by atoms with van der Waals surface area (Å²) < 4.78 is 49.7. The van der Waals surface area contributed by atoms with Crippen LogP contribution in [0.5, 0.6) is 11.6 Å². The van der Waals surface area contributed by atoms with Crippen LogP contribution >= 0.6 is 11.6 Å². The Labute approximate surface area is 180 Å². The number of alkyl halides is 3. The van der Waals surface area contributed by atoms with Crippen LogP contribution in [0.1, 0.15) is 31.9 Å². The molecule has 1 saturated heterocycles. The summed E-state index contributed by atoms with van der Waals surface area (Å²) in [6, 6.07) is 8.29. The van der Waals surface area contributed by atoms with Gasteiger partial charge in [-0.1, -0.05) is 30.7 Å². The molecule has 3 rings (SSSR count). The van der Waals surface area contributed by atoms with Crippen LogP contribution in [-0.4, -0.2) is 41.7 Å². The van der Waals surface area contributed by atoms with Gasteiger partial charge in [0.05, 0.1) is 17.8 Å². The average Bonchev–Trinajstić information content (AvgIpc) is 2.62. The lowest BCUT2D eigenvalue weighted by molar-refractivity contribution is -0.137. The number of halogens is 4. The first-order valence-electron chi connectivity index (χ1n) is 9.97. The van der Waals surface area contributed by atoms with Crippen molar-refractivity contribution in [3.8, 4) is 11.6 Å². The van der Waals surface area contributed by atoms with Crippen molar-refractivity contribution in [2.24, 2.45) is 5.92 Å². The average molecular weight is 443 g/mol. The fourth-order valence-electron chi connectivity index (χ4n) is 3.84. The Morgan fingerprint density at radius 2 is 1.93 bits per heavy atom. The molecule has 3 unspecified atom stereocenters. The summed E-state index contributed by atoms with van der Waals surface area (Å²) >= 11 is 5.94. The van der Waals surface area contributed by atoms with Crippen LogP contribution in [0.15, 0.2) is 36.5 Å². The number of morpholine rings is 1. The number of pyridine rings is 1. The smallest absolute Gasteiger partial charge is 0.417 e. The Bertz CT molecular complexity index is 853. The van der Waals surface area contributed by atoms with E-state index in [0.717, 1.165) is 43.9 Å². The summed E-state index contributed by atoms with van der Waals surface area (Å²) in [4.78, 5) is 6.16. The summed E-state index contributed by atoms with van der Waals surface area (Å²) in [6.45, 7) is 9.21. The van der Waals surface area contributed by atoms with E-state index in [2.05, 4.69) is 30.7 Å². The Hall–Kier alpha value is -1.83. The third kappa shape index (κ3) is 6.33. The molecule has 1 aliphatic rings. The zero-order chi connectivity index (χ0) is 21.9. The molecule has 1 aliphatic heterocycles. The number of aromatic nitrogens is 1. The van der Waals surface area contributed by atoms with Gasteiger partial charge in [-0.3, -0.25) is 4.90 Å². The lowest BCUT2D eigenvalue weighted by atomic mass is 10.00. The van der Waals surface area contributed by atoms with Crippen LogP contribution in [0.2, 0.25) is 5.02 Å². The number of nitrogens with zero attached hydrogens (tertiary/aromatic N) is 2. The van der Waals surface area contributed by atoms with Crippen LogP contribution < -0.4 is 4.74 Å². The number of rotatable bonds is 6. The molecule has 1 aromatic heterocycles. The van der Waals surface area contributed by atoms with E-state index in [1.807, 2.05) is 18.2 Å². The SMILES string of the molecule is CC(Cc1cccc(Oc2ncc(C(F)(F)F)cc2Cl)c1)CN1CC(C)OC(C)C1. The molecule has 1 aromatic carbocycles. The van der Waals surface area contributed by atoms with Gasteiger partial charge >= 0.3 is 6.18 Å². The molecule has 1 fully saturated rings. The number of ether oxygens (including phenoxy) is 2. The van der Waals surface area contributed by atoms with E-state index in [1.54, 1.807) is 6.07 Å². The normalized spacial score (nSPS) is 21.4. The quantitative estimate of drug-likeness (QED) is 0.563. The summed E-state index contributed by atoms with van der Waals surface area (Å²) in [7, 11) is 0. The lowest BCUT2D eigenvalue weighted by Crippen LogP contribution is -2.47. The molecule has 164 valence electrons.